The lowest BCUT2D eigenvalue weighted by Gasteiger charge is -2.23. The highest BCUT2D eigenvalue weighted by molar-refractivity contribution is 4.86. The van der Waals surface area contributed by atoms with Gasteiger partial charge in [0.2, 0.25) is 0 Å². The first-order chi connectivity index (χ1) is 8.58. The summed E-state index contributed by atoms with van der Waals surface area (Å²) >= 11 is 0. The van der Waals surface area contributed by atoms with Crippen LogP contribution in [0.5, 0.6) is 0 Å². The minimum absolute atomic E-state index is 0.0336. The van der Waals surface area contributed by atoms with Gasteiger partial charge in [0.05, 0.1) is 0 Å². The summed E-state index contributed by atoms with van der Waals surface area (Å²) in [7, 11) is 4.35. The fourth-order valence-electron chi connectivity index (χ4n) is 2.78. The van der Waals surface area contributed by atoms with E-state index >= 15 is 0 Å². The fourth-order valence-corrected chi connectivity index (χ4v) is 2.78. The van der Waals surface area contributed by atoms with Crippen molar-refractivity contribution in [2.45, 2.75) is 39.5 Å². The summed E-state index contributed by atoms with van der Waals surface area (Å²) in [6.07, 6.45) is 0.933. The standard InChI is InChI=1S/C14H30N2O2/c1-6-17-14(18-7-2)8-9-16-10-12(3)13(11-16)15(4)5/h12-14H,6-11H2,1-5H3. The molecule has 18 heavy (non-hydrogen) atoms. The van der Waals surface area contributed by atoms with Crippen molar-refractivity contribution in [3.05, 3.63) is 0 Å². The average Bonchev–Trinajstić information content (AvgIpc) is 2.68. The molecular weight excluding hydrogens is 228 g/mol. The quantitative estimate of drug-likeness (QED) is 0.618. The maximum absolute atomic E-state index is 5.58. The Hall–Kier alpha value is -0.160. The van der Waals surface area contributed by atoms with Crippen molar-refractivity contribution in [1.29, 1.82) is 0 Å². The lowest BCUT2D eigenvalue weighted by atomic mass is 10.1. The molecule has 0 aliphatic carbocycles. The van der Waals surface area contributed by atoms with Crippen molar-refractivity contribution in [2.24, 2.45) is 5.92 Å². The zero-order chi connectivity index (χ0) is 13.5. The van der Waals surface area contributed by atoms with Crippen LogP contribution in [0.15, 0.2) is 0 Å². The van der Waals surface area contributed by atoms with E-state index in [-0.39, 0.29) is 6.29 Å². The van der Waals surface area contributed by atoms with Gasteiger partial charge in [0.25, 0.3) is 0 Å². The van der Waals surface area contributed by atoms with Crippen LogP contribution >= 0.6 is 0 Å². The van der Waals surface area contributed by atoms with Gasteiger partial charge in [-0.3, -0.25) is 0 Å². The molecule has 0 aromatic heterocycles. The molecule has 1 aliphatic rings. The Kier molecular flexibility index (Phi) is 7.15. The third-order valence-electron chi connectivity index (χ3n) is 3.70. The Bertz CT molecular complexity index is 218. The molecule has 1 saturated heterocycles. The van der Waals surface area contributed by atoms with Gasteiger partial charge in [0.15, 0.2) is 6.29 Å². The Morgan fingerprint density at radius 3 is 2.22 bits per heavy atom. The Labute approximate surface area is 112 Å². The molecule has 0 radical (unpaired) electrons. The Morgan fingerprint density at radius 1 is 1.17 bits per heavy atom. The van der Waals surface area contributed by atoms with Crippen molar-refractivity contribution >= 4 is 0 Å². The molecule has 1 rings (SSSR count). The zero-order valence-electron chi connectivity index (χ0n) is 12.7. The van der Waals surface area contributed by atoms with Crippen molar-refractivity contribution in [3.63, 3.8) is 0 Å². The molecule has 108 valence electrons. The largest absolute Gasteiger partial charge is 0.353 e. The van der Waals surface area contributed by atoms with Crippen molar-refractivity contribution in [1.82, 2.24) is 9.80 Å². The predicted octanol–water partition coefficient (Wildman–Crippen LogP) is 1.66. The van der Waals surface area contributed by atoms with Gasteiger partial charge >= 0.3 is 0 Å². The van der Waals surface area contributed by atoms with E-state index in [1.54, 1.807) is 0 Å². The van der Waals surface area contributed by atoms with Gasteiger partial charge in [-0.2, -0.15) is 0 Å². The van der Waals surface area contributed by atoms with E-state index < -0.39 is 0 Å². The molecule has 0 bridgehead atoms. The molecule has 0 spiro atoms. The van der Waals surface area contributed by atoms with Gasteiger partial charge in [-0.25, -0.2) is 0 Å². The van der Waals surface area contributed by atoms with Gasteiger partial charge in [0.1, 0.15) is 0 Å². The van der Waals surface area contributed by atoms with Crippen LogP contribution in [0.3, 0.4) is 0 Å². The molecule has 4 heteroatoms. The summed E-state index contributed by atoms with van der Waals surface area (Å²) in [6, 6.07) is 0.683. The number of ether oxygens (including phenoxy) is 2. The summed E-state index contributed by atoms with van der Waals surface area (Å²) in [4.78, 5) is 4.87. The third-order valence-corrected chi connectivity index (χ3v) is 3.70. The van der Waals surface area contributed by atoms with Crippen molar-refractivity contribution in [2.75, 3.05) is 46.9 Å². The SMILES string of the molecule is CCOC(CCN1CC(C)C(N(C)C)C1)OCC. The fraction of sp³-hybridized carbons (Fsp3) is 1.00. The number of likely N-dealkylation sites (tertiary alicyclic amines) is 1. The summed E-state index contributed by atoms with van der Waals surface area (Å²) < 4.78 is 11.2. The molecule has 2 atom stereocenters. The van der Waals surface area contributed by atoms with Gasteiger partial charge in [-0.1, -0.05) is 6.92 Å². The summed E-state index contributed by atoms with van der Waals surface area (Å²) in [5.41, 5.74) is 0. The lowest BCUT2D eigenvalue weighted by Crippen LogP contribution is -2.35. The van der Waals surface area contributed by atoms with Crippen LogP contribution in [-0.2, 0) is 9.47 Å². The van der Waals surface area contributed by atoms with Crippen LogP contribution in [0.25, 0.3) is 0 Å². The molecule has 1 aliphatic heterocycles. The molecular formula is C14H30N2O2. The van der Waals surface area contributed by atoms with Crippen LogP contribution in [0.4, 0.5) is 0 Å². The molecule has 0 saturated carbocycles. The van der Waals surface area contributed by atoms with Gasteiger partial charge in [0, 0.05) is 45.3 Å². The molecule has 1 fully saturated rings. The molecule has 0 aromatic carbocycles. The Morgan fingerprint density at radius 2 is 1.78 bits per heavy atom. The highest BCUT2D eigenvalue weighted by atomic mass is 16.7. The zero-order valence-corrected chi connectivity index (χ0v) is 12.7. The van der Waals surface area contributed by atoms with E-state index in [9.17, 15) is 0 Å². The second-order valence-corrected chi connectivity index (χ2v) is 5.40. The molecule has 1 heterocycles. The van der Waals surface area contributed by atoms with E-state index in [1.165, 1.54) is 13.1 Å². The summed E-state index contributed by atoms with van der Waals surface area (Å²) in [6.45, 7) is 11.3. The maximum Gasteiger partial charge on any atom is 0.158 e. The summed E-state index contributed by atoms with van der Waals surface area (Å²) in [5, 5.41) is 0. The van der Waals surface area contributed by atoms with Gasteiger partial charge in [-0.05, 0) is 33.9 Å². The van der Waals surface area contributed by atoms with Gasteiger partial charge in [-0.15, -0.1) is 0 Å². The lowest BCUT2D eigenvalue weighted by molar-refractivity contribution is -0.141. The second kappa shape index (κ2) is 8.10. The molecule has 0 amide bonds. The number of hydrogen-bond donors (Lipinski definition) is 0. The Balaban J connectivity index is 2.31. The number of likely N-dealkylation sites (N-methyl/N-ethyl adjacent to an activating group) is 1. The van der Waals surface area contributed by atoms with Crippen molar-refractivity contribution in [3.8, 4) is 0 Å². The number of nitrogens with zero attached hydrogens (tertiary/aromatic N) is 2. The highest BCUT2D eigenvalue weighted by Gasteiger charge is 2.30. The van der Waals surface area contributed by atoms with Gasteiger partial charge < -0.3 is 19.3 Å². The molecule has 2 unspecified atom stereocenters. The van der Waals surface area contributed by atoms with E-state index in [4.69, 9.17) is 9.47 Å². The van der Waals surface area contributed by atoms with Crippen LogP contribution in [0.2, 0.25) is 0 Å². The first-order valence-electron chi connectivity index (χ1n) is 7.20. The topological polar surface area (TPSA) is 24.9 Å². The first kappa shape index (κ1) is 15.9. The average molecular weight is 258 g/mol. The van der Waals surface area contributed by atoms with E-state index in [0.717, 1.165) is 32.1 Å². The molecule has 0 aromatic rings. The van der Waals surface area contributed by atoms with Crippen LogP contribution in [0.1, 0.15) is 27.2 Å². The number of rotatable bonds is 8. The summed E-state index contributed by atoms with van der Waals surface area (Å²) in [5.74, 6) is 0.748. The molecule has 0 N–H and O–H groups in total. The normalized spacial score (nSPS) is 25.5. The van der Waals surface area contributed by atoms with Crippen molar-refractivity contribution < 1.29 is 9.47 Å². The van der Waals surface area contributed by atoms with Crippen LogP contribution < -0.4 is 0 Å². The first-order valence-corrected chi connectivity index (χ1v) is 7.20. The number of hydrogen-bond acceptors (Lipinski definition) is 4. The maximum atomic E-state index is 5.58. The highest BCUT2D eigenvalue weighted by Crippen LogP contribution is 2.20. The van der Waals surface area contributed by atoms with Crippen LogP contribution in [-0.4, -0.2) is 69.1 Å². The minimum Gasteiger partial charge on any atom is -0.353 e. The molecule has 4 nitrogen and oxygen atoms in total. The second-order valence-electron chi connectivity index (χ2n) is 5.40. The smallest absolute Gasteiger partial charge is 0.158 e. The van der Waals surface area contributed by atoms with Crippen LogP contribution in [0, 0.1) is 5.92 Å². The third kappa shape index (κ3) is 4.84. The van der Waals surface area contributed by atoms with E-state index in [0.29, 0.717) is 6.04 Å². The minimum atomic E-state index is -0.0336. The predicted molar refractivity (Wildman–Crippen MR) is 74.7 cm³/mol. The monoisotopic (exact) mass is 258 g/mol. The van der Waals surface area contributed by atoms with E-state index in [2.05, 4.69) is 30.8 Å². The van der Waals surface area contributed by atoms with E-state index in [1.807, 2.05) is 13.8 Å².